The minimum absolute atomic E-state index is 0.722. The van der Waals surface area contributed by atoms with Crippen LogP contribution >= 0.6 is 0 Å². The first kappa shape index (κ1) is 10.6. The van der Waals surface area contributed by atoms with Gasteiger partial charge in [0.15, 0.2) is 11.7 Å². The molecule has 0 aromatic rings. The predicted octanol–water partition coefficient (Wildman–Crippen LogP) is 2.66. The summed E-state index contributed by atoms with van der Waals surface area (Å²) in [5.41, 5.74) is -2.99. The maximum Gasteiger partial charge on any atom is 0.420 e. The number of rotatable bonds is 1. The monoisotopic (exact) mass is 208 g/mol. The molecule has 1 aliphatic heterocycles. The summed E-state index contributed by atoms with van der Waals surface area (Å²) in [6.45, 7) is 1.01. The van der Waals surface area contributed by atoms with E-state index < -0.39 is 30.5 Å². The summed E-state index contributed by atoms with van der Waals surface area (Å²) in [7, 11) is 0. The number of hydrogen-bond donors (Lipinski definition) is 0. The van der Waals surface area contributed by atoms with E-state index in [2.05, 4.69) is 4.74 Å². The van der Waals surface area contributed by atoms with E-state index in [1.165, 1.54) is 0 Å². The first-order valence-corrected chi connectivity index (χ1v) is 3.46. The molecule has 78 valence electrons. The highest BCUT2D eigenvalue weighted by atomic mass is 19.4. The Morgan fingerprint density at radius 1 is 1.15 bits per heavy atom. The minimum atomic E-state index is -4.96. The predicted molar refractivity (Wildman–Crippen MR) is 30.0 cm³/mol. The average molecular weight is 208 g/mol. The van der Waals surface area contributed by atoms with Crippen LogP contribution in [0.1, 0.15) is 13.3 Å². The van der Waals surface area contributed by atoms with Crippen LogP contribution in [0, 0.1) is 0 Å². The second kappa shape index (κ2) is 2.52. The third-order valence-corrected chi connectivity index (χ3v) is 2.00. The zero-order valence-electron chi connectivity index (χ0n) is 6.46. The molecule has 7 heteroatoms. The van der Waals surface area contributed by atoms with E-state index in [4.69, 9.17) is 0 Å². The van der Waals surface area contributed by atoms with Gasteiger partial charge in [-0.25, -0.2) is 0 Å². The third kappa shape index (κ3) is 1.49. The van der Waals surface area contributed by atoms with Gasteiger partial charge in [-0.05, 0) is 6.42 Å². The Labute approximate surface area is 69.7 Å². The Bertz CT molecular complexity index is 206. The molecule has 0 amide bonds. The number of epoxide rings is 1. The molecule has 0 saturated carbocycles. The zero-order chi connectivity index (χ0) is 10.5. The van der Waals surface area contributed by atoms with E-state index in [-0.39, 0.29) is 0 Å². The molecule has 0 aromatic heterocycles. The lowest BCUT2D eigenvalue weighted by Crippen LogP contribution is -2.38. The summed E-state index contributed by atoms with van der Waals surface area (Å²) < 4.78 is 75.4. The van der Waals surface area contributed by atoms with Crippen molar-refractivity contribution in [3.05, 3.63) is 0 Å². The van der Waals surface area contributed by atoms with E-state index in [0.29, 0.717) is 0 Å². The van der Waals surface area contributed by atoms with Crippen molar-refractivity contribution in [2.24, 2.45) is 0 Å². The quantitative estimate of drug-likeness (QED) is 0.476. The zero-order valence-corrected chi connectivity index (χ0v) is 6.46. The van der Waals surface area contributed by atoms with Gasteiger partial charge < -0.3 is 4.74 Å². The molecule has 0 radical (unpaired) electrons. The molecule has 1 rings (SSSR count). The van der Waals surface area contributed by atoms with Gasteiger partial charge in [-0.3, -0.25) is 0 Å². The van der Waals surface area contributed by atoms with Crippen molar-refractivity contribution in [2.75, 3.05) is 0 Å². The molecule has 1 fully saturated rings. The van der Waals surface area contributed by atoms with Crippen molar-refractivity contribution in [3.8, 4) is 0 Å². The summed E-state index contributed by atoms with van der Waals surface area (Å²) >= 11 is 0. The maximum atomic E-state index is 12.1. The summed E-state index contributed by atoms with van der Waals surface area (Å²) in [4.78, 5) is 0. The molecule has 1 saturated heterocycles. The Morgan fingerprint density at radius 2 is 1.62 bits per heavy atom. The van der Waals surface area contributed by atoms with Gasteiger partial charge in [-0.2, -0.15) is 26.3 Å². The lowest BCUT2D eigenvalue weighted by Gasteiger charge is -2.15. The molecule has 1 aliphatic rings. The molecular weight excluding hydrogens is 202 g/mol. The lowest BCUT2D eigenvalue weighted by molar-refractivity contribution is -0.192. The van der Waals surface area contributed by atoms with Gasteiger partial charge in [0.1, 0.15) is 0 Å². The van der Waals surface area contributed by atoms with E-state index in [0.717, 1.165) is 6.92 Å². The van der Waals surface area contributed by atoms with Gasteiger partial charge in [0, 0.05) is 0 Å². The Hall–Kier alpha value is -0.460. The number of halogens is 6. The van der Waals surface area contributed by atoms with Crippen molar-refractivity contribution in [2.45, 2.75) is 37.4 Å². The molecule has 0 spiro atoms. The summed E-state index contributed by atoms with van der Waals surface area (Å²) in [6, 6.07) is 0. The minimum Gasteiger partial charge on any atom is -0.346 e. The Morgan fingerprint density at radius 3 is 1.69 bits per heavy atom. The number of alkyl halides is 6. The van der Waals surface area contributed by atoms with Gasteiger partial charge in [-0.15, -0.1) is 0 Å². The highest BCUT2D eigenvalue weighted by molar-refractivity contribution is 5.10. The van der Waals surface area contributed by atoms with Gasteiger partial charge in [-0.1, -0.05) is 6.92 Å². The summed E-state index contributed by atoms with van der Waals surface area (Å²) in [5, 5.41) is 0. The molecule has 2 atom stereocenters. The first-order chi connectivity index (χ1) is 5.65. The van der Waals surface area contributed by atoms with Crippen molar-refractivity contribution < 1.29 is 31.1 Å². The molecule has 13 heavy (non-hydrogen) atoms. The molecule has 1 heterocycles. The first-order valence-electron chi connectivity index (χ1n) is 3.46. The van der Waals surface area contributed by atoms with E-state index in [9.17, 15) is 26.3 Å². The van der Waals surface area contributed by atoms with Crippen LogP contribution < -0.4 is 0 Å². The van der Waals surface area contributed by atoms with Crippen LogP contribution in [0.15, 0.2) is 0 Å². The van der Waals surface area contributed by atoms with Gasteiger partial charge in [0.05, 0.1) is 0 Å². The second-order valence-electron chi connectivity index (χ2n) is 2.78. The molecule has 0 N–H and O–H groups in total. The molecule has 2 unspecified atom stereocenters. The van der Waals surface area contributed by atoms with Gasteiger partial charge in [0.2, 0.25) is 0 Å². The smallest absolute Gasteiger partial charge is 0.346 e. The van der Waals surface area contributed by atoms with Crippen molar-refractivity contribution in [3.63, 3.8) is 0 Å². The van der Waals surface area contributed by atoms with Crippen LogP contribution in [0.2, 0.25) is 0 Å². The average Bonchev–Trinajstić information content (AvgIpc) is 2.57. The fourth-order valence-corrected chi connectivity index (χ4v) is 1.19. The van der Waals surface area contributed by atoms with Crippen LogP contribution in [0.4, 0.5) is 26.3 Å². The van der Waals surface area contributed by atoms with E-state index >= 15 is 0 Å². The lowest BCUT2D eigenvalue weighted by atomic mass is 10.0. The normalized spacial score (nSPS) is 34.8. The van der Waals surface area contributed by atoms with Crippen LogP contribution in [-0.4, -0.2) is 24.1 Å². The van der Waals surface area contributed by atoms with Crippen LogP contribution in [0.25, 0.3) is 0 Å². The highest BCUT2D eigenvalue weighted by Gasteiger charge is 2.80. The Balaban J connectivity index is 2.82. The van der Waals surface area contributed by atoms with Crippen LogP contribution in [0.3, 0.4) is 0 Å². The van der Waals surface area contributed by atoms with Gasteiger partial charge >= 0.3 is 12.4 Å². The molecule has 0 bridgehead atoms. The van der Waals surface area contributed by atoms with Crippen molar-refractivity contribution >= 4 is 0 Å². The van der Waals surface area contributed by atoms with Crippen molar-refractivity contribution in [1.82, 2.24) is 0 Å². The summed E-state index contributed by atoms with van der Waals surface area (Å²) in [5.74, 6) is 0. The van der Waals surface area contributed by atoms with Crippen LogP contribution in [0.5, 0.6) is 0 Å². The topological polar surface area (TPSA) is 12.5 Å². The summed E-state index contributed by atoms with van der Waals surface area (Å²) in [6.07, 6.45) is -13.3. The number of ether oxygens (including phenoxy) is 1. The molecular formula is C6H6F6O. The second-order valence-corrected chi connectivity index (χ2v) is 2.78. The third-order valence-electron chi connectivity index (χ3n) is 2.00. The maximum absolute atomic E-state index is 12.1. The molecule has 0 aliphatic carbocycles. The fraction of sp³-hybridized carbons (Fsp3) is 1.00. The van der Waals surface area contributed by atoms with E-state index in [1.54, 1.807) is 0 Å². The highest BCUT2D eigenvalue weighted by Crippen LogP contribution is 2.57. The molecule has 1 nitrogen and oxygen atoms in total. The number of hydrogen-bond acceptors (Lipinski definition) is 1. The van der Waals surface area contributed by atoms with E-state index in [1.807, 2.05) is 0 Å². The van der Waals surface area contributed by atoms with Crippen LogP contribution in [-0.2, 0) is 4.74 Å². The SMILES string of the molecule is CCC1(C(F)(F)F)OC1C(F)(F)F. The van der Waals surface area contributed by atoms with Crippen molar-refractivity contribution in [1.29, 1.82) is 0 Å². The Kier molecular flexibility index (Phi) is 2.06. The molecule has 0 aromatic carbocycles. The largest absolute Gasteiger partial charge is 0.420 e. The van der Waals surface area contributed by atoms with Gasteiger partial charge in [0.25, 0.3) is 0 Å². The standard InChI is InChI=1S/C6H6F6O/c1-2-4(6(10,11)12)3(13-4)5(7,8)9/h3H,2H2,1H3. The fourth-order valence-electron chi connectivity index (χ4n) is 1.19.